The van der Waals surface area contributed by atoms with E-state index in [4.69, 9.17) is 0 Å². The molecule has 0 fully saturated rings. The molecule has 2 heteroatoms. The maximum absolute atomic E-state index is 3.72. The first-order valence-corrected chi connectivity index (χ1v) is 3.99. The Labute approximate surface area is 82.6 Å². The summed E-state index contributed by atoms with van der Waals surface area (Å²) in [5, 5.41) is 0. The molecule has 0 aromatic heterocycles. The van der Waals surface area contributed by atoms with Crippen molar-refractivity contribution in [2.75, 3.05) is 13.1 Å². The average Bonchev–Trinajstić information content (AvgIpc) is 1.85. The standard InChI is InChI=1S/C10H19N.ClH/c1-6-8-11(9-7-2)10(3,4)5;/h6-7H,1-2,8-9H2,3-5H3;1H. The minimum Gasteiger partial charge on any atom is -0.291 e. The van der Waals surface area contributed by atoms with Crippen LogP contribution in [0.1, 0.15) is 20.8 Å². The Balaban J connectivity index is 0. The van der Waals surface area contributed by atoms with Crippen LogP contribution in [-0.4, -0.2) is 23.5 Å². The zero-order valence-electron chi connectivity index (χ0n) is 8.34. The summed E-state index contributed by atoms with van der Waals surface area (Å²) in [5.41, 5.74) is 0.211. The molecular weight excluding hydrogens is 170 g/mol. The van der Waals surface area contributed by atoms with E-state index >= 15 is 0 Å². The van der Waals surface area contributed by atoms with Gasteiger partial charge in [0.25, 0.3) is 0 Å². The van der Waals surface area contributed by atoms with Gasteiger partial charge in [0.1, 0.15) is 0 Å². The van der Waals surface area contributed by atoms with Crippen molar-refractivity contribution in [3.63, 3.8) is 0 Å². The summed E-state index contributed by atoms with van der Waals surface area (Å²) in [4.78, 5) is 2.31. The van der Waals surface area contributed by atoms with Gasteiger partial charge in [0.15, 0.2) is 0 Å². The van der Waals surface area contributed by atoms with Crippen LogP contribution in [0.3, 0.4) is 0 Å². The first-order chi connectivity index (χ1) is 5.02. The quantitative estimate of drug-likeness (QED) is 0.615. The Morgan fingerprint density at radius 1 is 1.08 bits per heavy atom. The highest BCUT2D eigenvalue weighted by atomic mass is 35.5. The van der Waals surface area contributed by atoms with E-state index in [1.54, 1.807) is 0 Å². The van der Waals surface area contributed by atoms with Crippen LogP contribution in [0.15, 0.2) is 25.3 Å². The fourth-order valence-corrected chi connectivity index (χ4v) is 0.934. The number of rotatable bonds is 4. The summed E-state index contributed by atoms with van der Waals surface area (Å²) in [6, 6.07) is 0. The summed E-state index contributed by atoms with van der Waals surface area (Å²) < 4.78 is 0. The molecule has 0 aliphatic carbocycles. The lowest BCUT2D eigenvalue weighted by Gasteiger charge is -2.33. The molecular formula is C10H20ClN. The van der Waals surface area contributed by atoms with Crippen LogP contribution >= 0.6 is 12.4 Å². The van der Waals surface area contributed by atoms with Gasteiger partial charge < -0.3 is 0 Å². The number of halogens is 1. The Bertz CT molecular complexity index is 125. The minimum atomic E-state index is 0. The van der Waals surface area contributed by atoms with Gasteiger partial charge in [-0.2, -0.15) is 0 Å². The Morgan fingerprint density at radius 3 is 1.58 bits per heavy atom. The molecule has 0 spiro atoms. The van der Waals surface area contributed by atoms with Crippen molar-refractivity contribution in [3.8, 4) is 0 Å². The lowest BCUT2D eigenvalue weighted by Crippen LogP contribution is -2.41. The van der Waals surface area contributed by atoms with E-state index in [2.05, 4.69) is 38.8 Å². The number of hydrogen-bond acceptors (Lipinski definition) is 1. The predicted molar refractivity (Wildman–Crippen MR) is 59.0 cm³/mol. The van der Waals surface area contributed by atoms with Gasteiger partial charge in [-0.25, -0.2) is 0 Å². The Kier molecular flexibility index (Phi) is 7.45. The lowest BCUT2D eigenvalue weighted by molar-refractivity contribution is 0.173. The topological polar surface area (TPSA) is 3.24 Å². The lowest BCUT2D eigenvalue weighted by atomic mass is 10.1. The van der Waals surface area contributed by atoms with E-state index in [1.807, 2.05) is 12.2 Å². The van der Waals surface area contributed by atoms with Crippen molar-refractivity contribution < 1.29 is 0 Å². The number of hydrogen-bond donors (Lipinski definition) is 0. The van der Waals surface area contributed by atoms with E-state index < -0.39 is 0 Å². The van der Waals surface area contributed by atoms with E-state index in [9.17, 15) is 0 Å². The molecule has 0 unspecified atom stereocenters. The van der Waals surface area contributed by atoms with Crippen molar-refractivity contribution in [1.29, 1.82) is 0 Å². The smallest absolute Gasteiger partial charge is 0.0169 e. The van der Waals surface area contributed by atoms with Gasteiger partial charge in [0.2, 0.25) is 0 Å². The van der Waals surface area contributed by atoms with Crippen LogP contribution in [-0.2, 0) is 0 Å². The normalized spacial score (nSPS) is 10.7. The van der Waals surface area contributed by atoms with Crippen molar-refractivity contribution >= 4 is 12.4 Å². The van der Waals surface area contributed by atoms with Crippen LogP contribution < -0.4 is 0 Å². The van der Waals surface area contributed by atoms with Crippen molar-refractivity contribution in [2.45, 2.75) is 26.3 Å². The van der Waals surface area contributed by atoms with Gasteiger partial charge in [0, 0.05) is 18.6 Å². The molecule has 0 bridgehead atoms. The molecule has 0 saturated carbocycles. The molecule has 0 aliphatic heterocycles. The molecule has 0 heterocycles. The first-order valence-electron chi connectivity index (χ1n) is 3.99. The molecule has 0 aromatic carbocycles. The molecule has 0 saturated heterocycles. The monoisotopic (exact) mass is 189 g/mol. The van der Waals surface area contributed by atoms with Gasteiger partial charge in [-0.1, -0.05) is 12.2 Å². The van der Waals surface area contributed by atoms with Crippen molar-refractivity contribution in [3.05, 3.63) is 25.3 Å². The summed E-state index contributed by atoms with van der Waals surface area (Å²) in [6.07, 6.45) is 3.85. The van der Waals surface area contributed by atoms with E-state index in [0.29, 0.717) is 0 Å². The second-order valence-corrected chi connectivity index (χ2v) is 3.65. The third-order valence-electron chi connectivity index (χ3n) is 1.65. The van der Waals surface area contributed by atoms with Crippen molar-refractivity contribution in [2.24, 2.45) is 0 Å². The molecule has 0 aromatic rings. The molecule has 0 atom stereocenters. The zero-order valence-corrected chi connectivity index (χ0v) is 9.16. The van der Waals surface area contributed by atoms with Gasteiger partial charge >= 0.3 is 0 Å². The Morgan fingerprint density at radius 2 is 1.42 bits per heavy atom. The van der Waals surface area contributed by atoms with Crippen LogP contribution in [0.4, 0.5) is 0 Å². The molecule has 0 N–H and O–H groups in total. The zero-order chi connectivity index (χ0) is 8.91. The first kappa shape index (κ1) is 14.3. The average molecular weight is 190 g/mol. The highest BCUT2D eigenvalue weighted by Crippen LogP contribution is 2.11. The molecule has 72 valence electrons. The maximum atomic E-state index is 3.72. The summed E-state index contributed by atoms with van der Waals surface area (Å²) >= 11 is 0. The van der Waals surface area contributed by atoms with Gasteiger partial charge in [-0.05, 0) is 20.8 Å². The minimum absolute atomic E-state index is 0. The fraction of sp³-hybridized carbons (Fsp3) is 0.600. The fourth-order valence-electron chi connectivity index (χ4n) is 0.934. The molecule has 0 radical (unpaired) electrons. The van der Waals surface area contributed by atoms with E-state index in [1.165, 1.54) is 0 Å². The van der Waals surface area contributed by atoms with Crippen molar-refractivity contribution in [1.82, 2.24) is 4.90 Å². The van der Waals surface area contributed by atoms with Gasteiger partial charge in [-0.15, -0.1) is 25.6 Å². The predicted octanol–water partition coefficient (Wildman–Crippen LogP) is 2.88. The SMILES string of the molecule is C=CCN(CC=C)C(C)(C)C.Cl. The van der Waals surface area contributed by atoms with E-state index in [0.717, 1.165) is 13.1 Å². The maximum Gasteiger partial charge on any atom is 0.0169 e. The molecule has 0 aliphatic rings. The van der Waals surface area contributed by atoms with Gasteiger partial charge in [-0.3, -0.25) is 4.90 Å². The third kappa shape index (κ3) is 5.39. The summed E-state index contributed by atoms with van der Waals surface area (Å²) in [7, 11) is 0. The van der Waals surface area contributed by atoms with Crippen LogP contribution in [0.25, 0.3) is 0 Å². The van der Waals surface area contributed by atoms with Crippen LogP contribution in [0.2, 0.25) is 0 Å². The third-order valence-corrected chi connectivity index (χ3v) is 1.65. The number of nitrogens with zero attached hydrogens (tertiary/aromatic N) is 1. The molecule has 12 heavy (non-hydrogen) atoms. The molecule has 0 rings (SSSR count). The second-order valence-electron chi connectivity index (χ2n) is 3.65. The summed E-state index contributed by atoms with van der Waals surface area (Å²) in [6.45, 7) is 15.9. The van der Waals surface area contributed by atoms with Gasteiger partial charge in [0.05, 0.1) is 0 Å². The van der Waals surface area contributed by atoms with Crippen LogP contribution in [0, 0.1) is 0 Å². The highest BCUT2D eigenvalue weighted by molar-refractivity contribution is 5.85. The highest BCUT2D eigenvalue weighted by Gasteiger charge is 2.17. The molecule has 0 amide bonds. The Hall–Kier alpha value is -0.270. The largest absolute Gasteiger partial charge is 0.291 e. The summed E-state index contributed by atoms with van der Waals surface area (Å²) in [5.74, 6) is 0. The van der Waals surface area contributed by atoms with E-state index in [-0.39, 0.29) is 17.9 Å². The van der Waals surface area contributed by atoms with Crippen LogP contribution in [0.5, 0.6) is 0 Å². The second kappa shape index (κ2) is 6.27. The molecule has 1 nitrogen and oxygen atoms in total.